The molecule has 2 fully saturated rings. The van der Waals surface area contributed by atoms with E-state index >= 15 is 0 Å². The maximum absolute atomic E-state index is 14.8. The first-order valence-electron chi connectivity index (χ1n) is 9.79. The molecule has 1 aromatic carbocycles. The summed E-state index contributed by atoms with van der Waals surface area (Å²) in [6.45, 7) is 0.893. The predicted molar refractivity (Wildman–Crippen MR) is 101 cm³/mol. The van der Waals surface area contributed by atoms with Crippen LogP contribution < -0.4 is 4.90 Å². The van der Waals surface area contributed by atoms with Gasteiger partial charge in [-0.2, -0.15) is 0 Å². The molecule has 2 aromatic rings. The highest BCUT2D eigenvalue weighted by Crippen LogP contribution is 2.36. The molecular weight excluding hydrogens is 364 g/mol. The van der Waals surface area contributed by atoms with Crippen molar-refractivity contribution >= 4 is 11.7 Å². The quantitative estimate of drug-likeness (QED) is 0.825. The zero-order chi connectivity index (χ0) is 19.7. The lowest BCUT2D eigenvalue weighted by Crippen LogP contribution is -2.35. The Labute approximate surface area is 162 Å². The van der Waals surface area contributed by atoms with Crippen LogP contribution in [0, 0.1) is 17.6 Å². The third kappa shape index (κ3) is 3.84. The third-order valence-electron chi connectivity index (χ3n) is 5.88. The van der Waals surface area contributed by atoms with Crippen LogP contribution in [-0.2, 0) is 4.79 Å². The fourth-order valence-electron chi connectivity index (χ4n) is 4.04. The molecule has 0 atom stereocenters. The van der Waals surface area contributed by atoms with Crippen molar-refractivity contribution in [2.24, 2.45) is 5.92 Å². The number of halogens is 2. The van der Waals surface area contributed by atoms with E-state index in [1.807, 2.05) is 0 Å². The Hall–Kier alpha value is -2.57. The van der Waals surface area contributed by atoms with E-state index in [1.54, 1.807) is 11.1 Å². The van der Waals surface area contributed by atoms with Crippen LogP contribution in [0.1, 0.15) is 50.1 Å². The minimum atomic E-state index is -0.828. The second-order valence-electron chi connectivity index (χ2n) is 7.77. The smallest absolute Gasteiger partial charge is 0.303 e. The number of aromatic nitrogens is 2. The van der Waals surface area contributed by atoms with Gasteiger partial charge in [0.05, 0.1) is 17.6 Å². The van der Waals surface area contributed by atoms with Crippen molar-refractivity contribution in [1.29, 1.82) is 0 Å². The first-order valence-corrected chi connectivity index (χ1v) is 9.79. The third-order valence-corrected chi connectivity index (χ3v) is 5.88. The molecule has 1 saturated heterocycles. The van der Waals surface area contributed by atoms with E-state index in [9.17, 15) is 13.6 Å². The Morgan fingerprint density at radius 3 is 2.36 bits per heavy atom. The molecule has 1 N–H and O–H groups in total. The molecule has 148 valence electrons. The van der Waals surface area contributed by atoms with Crippen LogP contribution in [0.25, 0.3) is 11.3 Å². The number of carboxylic acid groups (broad SMARTS) is 1. The molecule has 1 aliphatic heterocycles. The van der Waals surface area contributed by atoms with Gasteiger partial charge in [-0.25, -0.2) is 13.8 Å². The van der Waals surface area contributed by atoms with Crippen LogP contribution in [0.15, 0.2) is 24.5 Å². The van der Waals surface area contributed by atoms with Crippen LogP contribution in [0.5, 0.6) is 0 Å². The van der Waals surface area contributed by atoms with Crippen LogP contribution in [0.2, 0.25) is 0 Å². The summed E-state index contributed by atoms with van der Waals surface area (Å²) < 4.78 is 29.6. The fourth-order valence-corrected chi connectivity index (χ4v) is 4.04. The molecule has 0 spiro atoms. The number of hydrogen-bond donors (Lipinski definition) is 1. The van der Waals surface area contributed by atoms with Crippen molar-refractivity contribution in [3.8, 4) is 11.3 Å². The molecule has 28 heavy (non-hydrogen) atoms. The number of aliphatic carboxylic acids is 1. The number of nitrogens with zero attached hydrogens (tertiary/aromatic N) is 3. The van der Waals surface area contributed by atoms with Gasteiger partial charge in [-0.3, -0.25) is 9.78 Å². The molecule has 0 amide bonds. The maximum Gasteiger partial charge on any atom is 0.303 e. The number of rotatable bonds is 5. The van der Waals surface area contributed by atoms with Crippen LogP contribution >= 0.6 is 0 Å². The van der Waals surface area contributed by atoms with Gasteiger partial charge in [0.2, 0.25) is 0 Å². The van der Waals surface area contributed by atoms with Crippen molar-refractivity contribution in [3.63, 3.8) is 0 Å². The van der Waals surface area contributed by atoms with Crippen LogP contribution in [0.3, 0.4) is 0 Å². The van der Waals surface area contributed by atoms with Gasteiger partial charge < -0.3 is 10.0 Å². The Bertz CT molecular complexity index is 855. The zero-order valence-corrected chi connectivity index (χ0v) is 15.6. The highest BCUT2D eigenvalue weighted by atomic mass is 19.1. The number of carbonyl (C=O) groups is 1. The summed E-state index contributed by atoms with van der Waals surface area (Å²) in [5, 5.41) is 8.90. The SMILES string of the molecule is O=C(O)CC1CCN(c2c(F)cc(-c3cncc(C4CCC4)n3)cc2F)CC1. The summed E-state index contributed by atoms with van der Waals surface area (Å²) in [7, 11) is 0. The minimum absolute atomic E-state index is 0.0411. The number of carboxylic acids is 1. The second-order valence-corrected chi connectivity index (χ2v) is 7.77. The molecule has 1 aromatic heterocycles. The number of hydrogen-bond acceptors (Lipinski definition) is 4. The van der Waals surface area contributed by atoms with Crippen molar-refractivity contribution in [2.45, 2.75) is 44.4 Å². The summed E-state index contributed by atoms with van der Waals surface area (Å²) in [6.07, 6.45) is 7.94. The van der Waals surface area contributed by atoms with Gasteiger partial charge in [0.15, 0.2) is 0 Å². The van der Waals surface area contributed by atoms with Crippen molar-refractivity contribution in [1.82, 2.24) is 9.97 Å². The Morgan fingerprint density at radius 1 is 1.11 bits per heavy atom. The largest absolute Gasteiger partial charge is 0.481 e. The van der Waals surface area contributed by atoms with Gasteiger partial charge in [-0.05, 0) is 43.7 Å². The van der Waals surface area contributed by atoms with E-state index in [-0.39, 0.29) is 18.0 Å². The van der Waals surface area contributed by atoms with Gasteiger partial charge in [-0.1, -0.05) is 6.42 Å². The molecule has 5 nitrogen and oxygen atoms in total. The maximum atomic E-state index is 14.8. The Balaban J connectivity index is 1.53. The lowest BCUT2D eigenvalue weighted by molar-refractivity contribution is -0.138. The van der Waals surface area contributed by atoms with Crippen molar-refractivity contribution in [2.75, 3.05) is 18.0 Å². The van der Waals surface area contributed by atoms with Crippen molar-refractivity contribution < 1.29 is 18.7 Å². The number of piperidine rings is 1. The fraction of sp³-hybridized carbons (Fsp3) is 0.476. The summed E-state index contributed by atoms with van der Waals surface area (Å²) in [4.78, 5) is 21.3. The molecule has 2 aliphatic rings. The highest BCUT2D eigenvalue weighted by molar-refractivity contribution is 5.67. The first kappa shape index (κ1) is 18.8. The topological polar surface area (TPSA) is 66.3 Å². The molecule has 2 heterocycles. The van der Waals surface area contributed by atoms with Gasteiger partial charge in [0, 0.05) is 37.2 Å². The molecule has 1 saturated carbocycles. The Kier molecular flexibility index (Phi) is 5.24. The normalized spacial score (nSPS) is 18.1. The molecule has 4 rings (SSSR count). The number of benzene rings is 1. The van der Waals surface area contributed by atoms with Crippen molar-refractivity contribution in [3.05, 3.63) is 41.9 Å². The molecule has 0 bridgehead atoms. The van der Waals surface area contributed by atoms with E-state index < -0.39 is 17.6 Å². The minimum Gasteiger partial charge on any atom is -0.481 e. The molecule has 0 radical (unpaired) electrons. The van der Waals surface area contributed by atoms with Crippen LogP contribution in [-0.4, -0.2) is 34.1 Å². The summed E-state index contributed by atoms with van der Waals surface area (Å²) >= 11 is 0. The lowest BCUT2D eigenvalue weighted by atomic mass is 9.83. The predicted octanol–water partition coefficient (Wildman–Crippen LogP) is 4.38. The number of anilines is 1. The van der Waals surface area contributed by atoms with E-state index in [0.29, 0.717) is 43.1 Å². The van der Waals surface area contributed by atoms with Gasteiger partial charge >= 0.3 is 5.97 Å². The average molecular weight is 387 g/mol. The Morgan fingerprint density at radius 2 is 1.79 bits per heavy atom. The zero-order valence-electron chi connectivity index (χ0n) is 15.6. The van der Waals surface area contributed by atoms with E-state index in [0.717, 1.165) is 18.5 Å². The standard InChI is InChI=1S/C21H23F2N3O2/c22-16-9-15(19-12-24-11-18(25-19)14-2-1-3-14)10-17(23)21(16)26-6-4-13(5-7-26)8-20(27)28/h9-14H,1-8H2,(H,27,28). The summed E-state index contributed by atoms with van der Waals surface area (Å²) in [5.74, 6) is -1.62. The molecule has 0 unspecified atom stereocenters. The van der Waals surface area contributed by atoms with E-state index in [1.165, 1.54) is 24.8 Å². The highest BCUT2D eigenvalue weighted by Gasteiger charge is 2.26. The monoisotopic (exact) mass is 387 g/mol. The van der Waals surface area contributed by atoms with E-state index in [4.69, 9.17) is 5.11 Å². The van der Waals surface area contributed by atoms with E-state index in [2.05, 4.69) is 9.97 Å². The second kappa shape index (κ2) is 7.81. The van der Waals surface area contributed by atoms with Gasteiger partial charge in [0.1, 0.15) is 17.3 Å². The molecule has 7 heteroatoms. The first-order chi connectivity index (χ1) is 13.5. The van der Waals surface area contributed by atoms with Crippen LogP contribution in [0.4, 0.5) is 14.5 Å². The average Bonchev–Trinajstić information content (AvgIpc) is 2.61. The summed E-state index contributed by atoms with van der Waals surface area (Å²) in [6, 6.07) is 2.63. The molecular formula is C21H23F2N3O2. The van der Waals surface area contributed by atoms with Gasteiger partial charge in [0.25, 0.3) is 0 Å². The van der Waals surface area contributed by atoms with Gasteiger partial charge in [-0.15, -0.1) is 0 Å². The molecule has 1 aliphatic carbocycles. The lowest BCUT2D eigenvalue weighted by Gasteiger charge is -2.33. The summed E-state index contributed by atoms with van der Waals surface area (Å²) in [5.41, 5.74) is 1.71.